The number of likely N-dealkylation sites (N-methyl/N-ethyl adjacent to an activating group) is 1. The predicted octanol–water partition coefficient (Wildman–Crippen LogP) is 1.72. The summed E-state index contributed by atoms with van der Waals surface area (Å²) in [5.41, 5.74) is 0.485. The van der Waals surface area contributed by atoms with Crippen LogP contribution in [-0.4, -0.2) is 66.5 Å². The van der Waals surface area contributed by atoms with Crippen molar-refractivity contribution in [3.63, 3.8) is 0 Å². The molecule has 0 saturated carbocycles. The first-order chi connectivity index (χ1) is 10.8. The van der Waals surface area contributed by atoms with Gasteiger partial charge in [0.15, 0.2) is 0 Å². The van der Waals surface area contributed by atoms with Crippen molar-refractivity contribution >= 4 is 11.9 Å². The molecule has 0 aliphatic carbocycles. The van der Waals surface area contributed by atoms with Crippen LogP contribution >= 0.6 is 0 Å². The van der Waals surface area contributed by atoms with E-state index in [4.69, 9.17) is 9.47 Å². The molecule has 0 bridgehead atoms. The summed E-state index contributed by atoms with van der Waals surface area (Å²) in [4.78, 5) is 24.4. The van der Waals surface area contributed by atoms with E-state index in [2.05, 4.69) is 14.9 Å². The van der Waals surface area contributed by atoms with Gasteiger partial charge in [0.1, 0.15) is 17.7 Å². The van der Waals surface area contributed by atoms with E-state index >= 15 is 0 Å². The Balaban J connectivity index is 1.87. The first-order valence-electron chi connectivity index (χ1n) is 7.81. The topological polar surface area (TPSA) is 67.8 Å². The van der Waals surface area contributed by atoms with Gasteiger partial charge in [-0.3, -0.25) is 0 Å². The van der Waals surface area contributed by atoms with Gasteiger partial charge in [0.05, 0.1) is 12.6 Å². The van der Waals surface area contributed by atoms with Crippen molar-refractivity contribution in [1.29, 1.82) is 0 Å². The van der Waals surface area contributed by atoms with Crippen LogP contribution in [0.15, 0.2) is 12.4 Å². The Morgan fingerprint density at radius 3 is 2.70 bits per heavy atom. The van der Waals surface area contributed by atoms with Gasteiger partial charge in [-0.05, 0) is 20.8 Å². The van der Waals surface area contributed by atoms with Crippen molar-refractivity contribution in [3.8, 4) is 0 Å². The van der Waals surface area contributed by atoms with Crippen LogP contribution in [0.3, 0.4) is 0 Å². The normalized spacial score (nSPS) is 15.3. The maximum atomic E-state index is 12.1. The number of rotatable bonds is 5. The van der Waals surface area contributed by atoms with Crippen LogP contribution in [0.4, 0.5) is 10.6 Å². The van der Waals surface area contributed by atoms with E-state index in [0.717, 1.165) is 31.0 Å². The van der Waals surface area contributed by atoms with Gasteiger partial charge in [0.25, 0.3) is 0 Å². The molecule has 0 N–H and O–H groups in total. The third-order valence-electron chi connectivity index (χ3n) is 3.69. The summed E-state index contributed by atoms with van der Waals surface area (Å²) in [6.45, 7) is 7.74. The summed E-state index contributed by atoms with van der Waals surface area (Å²) in [5, 5.41) is 0. The van der Waals surface area contributed by atoms with Crippen LogP contribution in [0.1, 0.15) is 26.5 Å². The second-order valence-corrected chi connectivity index (χ2v) is 6.76. The molecule has 1 aromatic rings. The smallest absolute Gasteiger partial charge is 0.410 e. The fourth-order valence-corrected chi connectivity index (χ4v) is 2.27. The summed E-state index contributed by atoms with van der Waals surface area (Å²) < 4.78 is 10.5. The average molecular weight is 322 g/mol. The van der Waals surface area contributed by atoms with E-state index in [1.165, 1.54) is 0 Å². The minimum atomic E-state index is -0.475. The molecule has 2 rings (SSSR count). The number of carbonyl (C=O) groups is 1. The number of aromatic nitrogens is 2. The second-order valence-electron chi connectivity index (χ2n) is 6.76. The van der Waals surface area contributed by atoms with Gasteiger partial charge >= 0.3 is 6.09 Å². The van der Waals surface area contributed by atoms with Gasteiger partial charge in [-0.15, -0.1) is 0 Å². The van der Waals surface area contributed by atoms with E-state index in [1.54, 1.807) is 25.4 Å². The average Bonchev–Trinajstić information content (AvgIpc) is 2.42. The molecule has 0 unspecified atom stereocenters. The van der Waals surface area contributed by atoms with Crippen molar-refractivity contribution in [2.75, 3.05) is 38.8 Å². The Kier molecular flexibility index (Phi) is 5.41. The van der Waals surface area contributed by atoms with E-state index in [1.807, 2.05) is 26.8 Å². The van der Waals surface area contributed by atoms with Crippen LogP contribution in [0.5, 0.6) is 0 Å². The number of amides is 1. The van der Waals surface area contributed by atoms with Gasteiger partial charge in [-0.25, -0.2) is 14.8 Å². The molecular weight excluding hydrogens is 296 g/mol. The number of carbonyl (C=O) groups excluding carboxylic acids is 1. The maximum Gasteiger partial charge on any atom is 0.410 e. The second kappa shape index (κ2) is 7.12. The van der Waals surface area contributed by atoms with Crippen LogP contribution in [-0.2, 0) is 15.9 Å². The molecule has 1 aliphatic heterocycles. The summed E-state index contributed by atoms with van der Waals surface area (Å²) >= 11 is 0. The Hall–Kier alpha value is -1.89. The molecule has 23 heavy (non-hydrogen) atoms. The molecule has 0 atom stereocenters. The third kappa shape index (κ3) is 4.79. The maximum absolute atomic E-state index is 12.1. The summed E-state index contributed by atoms with van der Waals surface area (Å²) in [6, 6.07) is 2.12. The van der Waals surface area contributed by atoms with Crippen LogP contribution in [0.2, 0.25) is 0 Å². The first kappa shape index (κ1) is 17.5. The van der Waals surface area contributed by atoms with E-state index in [-0.39, 0.29) is 12.1 Å². The Morgan fingerprint density at radius 1 is 1.39 bits per heavy atom. The minimum Gasteiger partial charge on any atom is -0.444 e. The predicted molar refractivity (Wildman–Crippen MR) is 87.6 cm³/mol. The minimum absolute atomic E-state index is 0.141. The largest absolute Gasteiger partial charge is 0.444 e. The molecule has 2 heterocycles. The number of hydrogen-bond acceptors (Lipinski definition) is 6. The van der Waals surface area contributed by atoms with E-state index in [9.17, 15) is 4.79 Å². The van der Waals surface area contributed by atoms with Gasteiger partial charge in [0, 0.05) is 45.4 Å². The quantitative estimate of drug-likeness (QED) is 0.822. The monoisotopic (exact) mass is 322 g/mol. The molecule has 1 amide bonds. The number of anilines is 1. The molecule has 1 fully saturated rings. The number of nitrogens with zero attached hydrogens (tertiary/aromatic N) is 4. The highest BCUT2D eigenvalue weighted by Crippen LogP contribution is 2.22. The molecule has 1 saturated heterocycles. The van der Waals surface area contributed by atoms with Crippen molar-refractivity contribution in [3.05, 3.63) is 18.1 Å². The number of ether oxygens (including phenoxy) is 2. The lowest BCUT2D eigenvalue weighted by molar-refractivity contribution is 0.0196. The van der Waals surface area contributed by atoms with E-state index < -0.39 is 5.60 Å². The standard InChI is InChI=1S/C16H26N4O3/c1-16(2,3)23-15(21)19(4)13-9-20(10-13)14-8-12(6-7-22-5)17-11-18-14/h8,11,13H,6-7,9-10H2,1-5H3. The van der Waals surface area contributed by atoms with Crippen LogP contribution in [0, 0.1) is 0 Å². The Morgan fingerprint density at radius 2 is 2.09 bits per heavy atom. The zero-order valence-electron chi connectivity index (χ0n) is 14.6. The summed E-state index contributed by atoms with van der Waals surface area (Å²) in [5.74, 6) is 0.889. The van der Waals surface area contributed by atoms with E-state index in [0.29, 0.717) is 6.61 Å². The molecule has 0 radical (unpaired) electrons. The molecule has 0 aromatic carbocycles. The molecule has 7 heteroatoms. The van der Waals surface area contributed by atoms with Crippen LogP contribution in [0.25, 0.3) is 0 Å². The zero-order valence-corrected chi connectivity index (χ0v) is 14.6. The van der Waals surface area contributed by atoms with Gasteiger partial charge in [-0.1, -0.05) is 0 Å². The lowest BCUT2D eigenvalue weighted by atomic mass is 10.1. The fraction of sp³-hybridized carbons (Fsp3) is 0.688. The third-order valence-corrected chi connectivity index (χ3v) is 3.69. The molecule has 7 nitrogen and oxygen atoms in total. The highest BCUT2D eigenvalue weighted by Gasteiger charge is 2.35. The lowest BCUT2D eigenvalue weighted by Gasteiger charge is -2.44. The fourth-order valence-electron chi connectivity index (χ4n) is 2.27. The number of hydrogen-bond donors (Lipinski definition) is 0. The van der Waals surface area contributed by atoms with Crippen molar-refractivity contribution in [2.45, 2.75) is 38.8 Å². The van der Waals surface area contributed by atoms with Crippen molar-refractivity contribution in [2.24, 2.45) is 0 Å². The van der Waals surface area contributed by atoms with Gasteiger partial charge in [-0.2, -0.15) is 0 Å². The summed E-state index contributed by atoms with van der Waals surface area (Å²) in [6.07, 6.45) is 2.05. The van der Waals surface area contributed by atoms with Crippen molar-refractivity contribution < 1.29 is 14.3 Å². The highest BCUT2D eigenvalue weighted by molar-refractivity contribution is 5.69. The van der Waals surface area contributed by atoms with Crippen molar-refractivity contribution in [1.82, 2.24) is 14.9 Å². The first-order valence-corrected chi connectivity index (χ1v) is 7.81. The highest BCUT2D eigenvalue weighted by atomic mass is 16.6. The molecular formula is C16H26N4O3. The molecule has 128 valence electrons. The molecule has 1 aromatic heterocycles. The lowest BCUT2D eigenvalue weighted by Crippen LogP contribution is -2.60. The number of methoxy groups -OCH3 is 1. The molecule has 1 aliphatic rings. The summed E-state index contributed by atoms with van der Waals surface area (Å²) in [7, 11) is 3.45. The van der Waals surface area contributed by atoms with Crippen LogP contribution < -0.4 is 4.90 Å². The molecule has 0 spiro atoms. The Bertz CT molecular complexity index is 538. The van der Waals surface area contributed by atoms with Gasteiger partial charge < -0.3 is 19.3 Å². The SMILES string of the molecule is COCCc1cc(N2CC(N(C)C(=O)OC(C)(C)C)C2)ncn1. The zero-order chi connectivity index (χ0) is 17.0. The Labute approximate surface area is 137 Å². The van der Waals surface area contributed by atoms with Gasteiger partial charge in [0.2, 0.25) is 0 Å².